The molecule has 0 aromatic carbocycles. The summed E-state index contributed by atoms with van der Waals surface area (Å²) in [5.74, 6) is 0.0697. The summed E-state index contributed by atoms with van der Waals surface area (Å²) in [6.45, 7) is 1.79. The highest BCUT2D eigenvalue weighted by molar-refractivity contribution is 5.44. The van der Waals surface area contributed by atoms with Gasteiger partial charge in [-0.2, -0.15) is 0 Å². The van der Waals surface area contributed by atoms with Crippen molar-refractivity contribution in [3.05, 3.63) is 17.3 Å². The van der Waals surface area contributed by atoms with E-state index < -0.39 is 0 Å². The van der Waals surface area contributed by atoms with Gasteiger partial charge in [-0.25, -0.2) is 4.98 Å². The second kappa shape index (κ2) is 2.91. The summed E-state index contributed by atoms with van der Waals surface area (Å²) < 4.78 is 0. The van der Waals surface area contributed by atoms with Gasteiger partial charge in [0.2, 0.25) is 0 Å². The maximum Gasteiger partial charge on any atom is 0.255 e. The fraction of sp³-hybridized carbons (Fsp3) is 0.500. The SMILES string of the molecule is Cc1c(C2CCC2)[c]nc(O)c1O. The Kier molecular flexibility index (Phi) is 1.87. The van der Waals surface area contributed by atoms with Crippen LogP contribution in [-0.2, 0) is 0 Å². The number of pyridine rings is 1. The lowest BCUT2D eigenvalue weighted by Crippen LogP contribution is -2.10. The molecule has 0 amide bonds. The first-order valence-electron chi connectivity index (χ1n) is 4.50. The van der Waals surface area contributed by atoms with Crippen molar-refractivity contribution in [2.75, 3.05) is 0 Å². The standard InChI is InChI=1S/C10H12NO2/c1-6-8(7-3-2-4-7)5-11-10(13)9(6)12/h7,12H,2-4H2,1H3,(H,11,13). The van der Waals surface area contributed by atoms with Gasteiger partial charge in [-0.1, -0.05) is 6.42 Å². The highest BCUT2D eigenvalue weighted by Crippen LogP contribution is 2.40. The van der Waals surface area contributed by atoms with Crippen LogP contribution in [0.15, 0.2) is 0 Å². The van der Waals surface area contributed by atoms with E-state index in [1.54, 1.807) is 6.92 Å². The molecule has 1 heterocycles. The van der Waals surface area contributed by atoms with Crippen molar-refractivity contribution in [2.45, 2.75) is 32.1 Å². The second-order valence-corrected chi connectivity index (χ2v) is 3.56. The van der Waals surface area contributed by atoms with E-state index in [9.17, 15) is 5.11 Å². The van der Waals surface area contributed by atoms with E-state index in [1.165, 1.54) is 6.42 Å². The Balaban J connectivity index is 2.41. The molecule has 3 heteroatoms. The van der Waals surface area contributed by atoms with Gasteiger partial charge in [0.25, 0.3) is 5.88 Å². The van der Waals surface area contributed by atoms with E-state index in [4.69, 9.17) is 5.11 Å². The molecule has 1 aliphatic carbocycles. The molecule has 0 aliphatic heterocycles. The Morgan fingerprint density at radius 3 is 2.62 bits per heavy atom. The zero-order valence-electron chi connectivity index (χ0n) is 7.54. The molecule has 1 aromatic rings. The van der Waals surface area contributed by atoms with Crippen LogP contribution >= 0.6 is 0 Å². The van der Waals surface area contributed by atoms with Crippen molar-refractivity contribution in [3.8, 4) is 11.6 Å². The van der Waals surface area contributed by atoms with Crippen molar-refractivity contribution in [3.63, 3.8) is 0 Å². The molecule has 2 rings (SSSR count). The molecule has 0 bridgehead atoms. The summed E-state index contributed by atoms with van der Waals surface area (Å²) in [5, 5.41) is 18.5. The zero-order chi connectivity index (χ0) is 9.42. The Labute approximate surface area is 77.1 Å². The van der Waals surface area contributed by atoms with Gasteiger partial charge in [-0.05, 0) is 31.2 Å². The molecule has 0 saturated heterocycles. The number of aromatic hydroxyl groups is 2. The lowest BCUT2D eigenvalue weighted by molar-refractivity contribution is 0.375. The van der Waals surface area contributed by atoms with Gasteiger partial charge >= 0.3 is 0 Å². The number of rotatable bonds is 1. The van der Waals surface area contributed by atoms with Crippen molar-refractivity contribution < 1.29 is 10.2 Å². The van der Waals surface area contributed by atoms with Crippen LogP contribution in [0.5, 0.6) is 11.6 Å². The summed E-state index contributed by atoms with van der Waals surface area (Å²) >= 11 is 0. The maximum atomic E-state index is 9.42. The van der Waals surface area contributed by atoms with E-state index >= 15 is 0 Å². The van der Waals surface area contributed by atoms with Gasteiger partial charge in [0.15, 0.2) is 5.75 Å². The summed E-state index contributed by atoms with van der Waals surface area (Å²) in [4.78, 5) is 3.62. The molecule has 1 fully saturated rings. The van der Waals surface area contributed by atoms with Gasteiger partial charge in [-0.3, -0.25) is 0 Å². The van der Waals surface area contributed by atoms with Crippen molar-refractivity contribution >= 4 is 0 Å². The molecule has 69 valence electrons. The molecule has 1 aromatic heterocycles. The van der Waals surface area contributed by atoms with E-state index in [0.29, 0.717) is 5.92 Å². The monoisotopic (exact) mass is 178 g/mol. The predicted molar refractivity (Wildman–Crippen MR) is 47.7 cm³/mol. The van der Waals surface area contributed by atoms with Gasteiger partial charge in [-0.15, -0.1) is 0 Å². The average molecular weight is 178 g/mol. The molecule has 0 unspecified atom stereocenters. The summed E-state index contributed by atoms with van der Waals surface area (Å²) in [5.41, 5.74) is 1.68. The normalized spacial score (nSPS) is 17.0. The number of hydrogen-bond donors (Lipinski definition) is 2. The molecule has 13 heavy (non-hydrogen) atoms. The summed E-state index contributed by atoms with van der Waals surface area (Å²) in [6.07, 6.45) is 6.31. The minimum atomic E-state index is -0.319. The van der Waals surface area contributed by atoms with E-state index in [0.717, 1.165) is 24.0 Å². The molecule has 3 nitrogen and oxygen atoms in total. The third-order valence-electron chi connectivity index (χ3n) is 2.77. The summed E-state index contributed by atoms with van der Waals surface area (Å²) in [6, 6.07) is 0. The highest BCUT2D eigenvalue weighted by atomic mass is 16.3. The highest BCUT2D eigenvalue weighted by Gasteiger charge is 2.23. The third kappa shape index (κ3) is 1.24. The van der Waals surface area contributed by atoms with Crippen LogP contribution in [0.4, 0.5) is 0 Å². The Morgan fingerprint density at radius 2 is 2.08 bits per heavy atom. The summed E-state index contributed by atoms with van der Waals surface area (Å²) in [7, 11) is 0. The topological polar surface area (TPSA) is 53.4 Å². The molecular weight excluding hydrogens is 166 g/mol. The van der Waals surface area contributed by atoms with Crippen LogP contribution in [0, 0.1) is 13.1 Å². The first kappa shape index (κ1) is 8.35. The maximum absolute atomic E-state index is 9.42. The van der Waals surface area contributed by atoms with Crippen LogP contribution in [0.1, 0.15) is 36.3 Å². The van der Waals surface area contributed by atoms with Gasteiger partial charge < -0.3 is 10.2 Å². The largest absolute Gasteiger partial charge is 0.503 e. The quantitative estimate of drug-likeness (QED) is 0.690. The smallest absolute Gasteiger partial charge is 0.255 e. The number of nitrogens with zero attached hydrogens (tertiary/aromatic N) is 1. The van der Waals surface area contributed by atoms with E-state index in [1.807, 2.05) is 0 Å². The first-order valence-corrected chi connectivity index (χ1v) is 4.50. The molecule has 2 N–H and O–H groups in total. The molecule has 1 radical (unpaired) electrons. The first-order chi connectivity index (χ1) is 6.20. The lowest BCUT2D eigenvalue weighted by Gasteiger charge is -2.26. The van der Waals surface area contributed by atoms with Crippen LogP contribution in [-0.4, -0.2) is 15.2 Å². The number of hydrogen-bond acceptors (Lipinski definition) is 3. The van der Waals surface area contributed by atoms with Crippen molar-refractivity contribution in [2.24, 2.45) is 0 Å². The predicted octanol–water partition coefficient (Wildman–Crippen LogP) is 1.87. The van der Waals surface area contributed by atoms with Crippen LogP contribution in [0.2, 0.25) is 0 Å². The van der Waals surface area contributed by atoms with Crippen LogP contribution in [0.25, 0.3) is 0 Å². The molecular formula is C10H12NO2. The van der Waals surface area contributed by atoms with Gasteiger partial charge in [0.05, 0.1) is 6.20 Å². The van der Waals surface area contributed by atoms with Gasteiger partial charge in [0.1, 0.15) is 0 Å². The minimum absolute atomic E-state index is 0.0966. The average Bonchev–Trinajstić information content (AvgIpc) is 2.03. The lowest BCUT2D eigenvalue weighted by atomic mass is 9.79. The van der Waals surface area contributed by atoms with Crippen molar-refractivity contribution in [1.82, 2.24) is 4.98 Å². The fourth-order valence-electron chi connectivity index (χ4n) is 1.64. The van der Waals surface area contributed by atoms with Crippen LogP contribution < -0.4 is 0 Å². The number of aromatic nitrogens is 1. The third-order valence-corrected chi connectivity index (χ3v) is 2.77. The van der Waals surface area contributed by atoms with E-state index in [2.05, 4.69) is 11.2 Å². The molecule has 1 aliphatic rings. The minimum Gasteiger partial charge on any atom is -0.503 e. The fourth-order valence-corrected chi connectivity index (χ4v) is 1.64. The van der Waals surface area contributed by atoms with Gasteiger partial charge in [0, 0.05) is 5.56 Å². The Hall–Kier alpha value is -1.25. The Morgan fingerprint density at radius 1 is 1.38 bits per heavy atom. The molecule has 0 atom stereocenters. The molecule has 0 spiro atoms. The second-order valence-electron chi connectivity index (χ2n) is 3.56. The zero-order valence-corrected chi connectivity index (χ0v) is 7.54. The Bertz CT molecular complexity index is 332. The van der Waals surface area contributed by atoms with Crippen molar-refractivity contribution in [1.29, 1.82) is 0 Å². The molecule has 1 saturated carbocycles. The van der Waals surface area contributed by atoms with E-state index in [-0.39, 0.29) is 11.6 Å². The van der Waals surface area contributed by atoms with Crippen LogP contribution in [0.3, 0.4) is 0 Å².